The Hall–Kier alpha value is -0.700. The van der Waals surface area contributed by atoms with Gasteiger partial charge in [-0.3, -0.25) is 4.79 Å². The average molecular weight is 157 g/mol. The van der Waals surface area contributed by atoms with Crippen LogP contribution in [0.2, 0.25) is 0 Å². The summed E-state index contributed by atoms with van der Waals surface area (Å²) in [4.78, 5) is 14.2. The van der Waals surface area contributed by atoms with Crippen LogP contribution in [0.25, 0.3) is 0 Å². The second-order valence-electron chi connectivity index (χ2n) is 1.43. The fourth-order valence-corrected chi connectivity index (χ4v) is 0.977. The summed E-state index contributed by atoms with van der Waals surface area (Å²) < 4.78 is 0. The van der Waals surface area contributed by atoms with Gasteiger partial charge in [-0.25, -0.2) is 4.98 Å². The fraction of sp³-hybridized carbons (Fsp3) is 0.429. The Kier molecular flexibility index (Phi) is 4.76. The predicted octanol–water partition coefficient (Wildman–Crippen LogP) is 2.37. The molecule has 0 radical (unpaired) electrons. The Labute approximate surface area is 64.9 Å². The van der Waals surface area contributed by atoms with Gasteiger partial charge in [-0.15, -0.1) is 11.3 Å². The van der Waals surface area contributed by atoms with E-state index in [1.165, 1.54) is 18.3 Å². The summed E-state index contributed by atoms with van der Waals surface area (Å²) in [5, 5.41) is 1.74. The van der Waals surface area contributed by atoms with Crippen LogP contribution >= 0.6 is 11.3 Å². The maximum atomic E-state index is 10.5. The topological polar surface area (TPSA) is 30.0 Å². The third kappa shape index (κ3) is 2.73. The van der Waals surface area contributed by atoms with E-state index in [1.54, 1.807) is 10.9 Å². The summed E-state index contributed by atoms with van der Waals surface area (Å²) in [6, 6.07) is 0. The molecule has 0 fully saturated rings. The first-order valence-electron chi connectivity index (χ1n) is 3.20. The molecule has 10 heavy (non-hydrogen) atoms. The maximum absolute atomic E-state index is 10.5. The fourth-order valence-electron chi connectivity index (χ4n) is 0.386. The molecule has 0 aliphatic carbocycles. The van der Waals surface area contributed by atoms with Crippen molar-refractivity contribution in [2.24, 2.45) is 0 Å². The summed E-state index contributed by atoms with van der Waals surface area (Å²) in [7, 11) is 0. The molecule has 0 bridgehead atoms. The van der Waals surface area contributed by atoms with E-state index in [0.29, 0.717) is 5.69 Å². The second kappa shape index (κ2) is 5.11. The van der Waals surface area contributed by atoms with E-state index in [1.807, 2.05) is 13.8 Å². The quantitative estimate of drug-likeness (QED) is 0.586. The summed E-state index contributed by atoms with van der Waals surface area (Å²) in [6.07, 6.45) is 0. The zero-order valence-electron chi connectivity index (χ0n) is 6.42. The van der Waals surface area contributed by atoms with Crippen molar-refractivity contribution < 1.29 is 4.79 Å². The number of ketones is 1. The van der Waals surface area contributed by atoms with Crippen molar-refractivity contribution in [2.75, 3.05) is 0 Å². The van der Waals surface area contributed by atoms with Crippen LogP contribution in [0.4, 0.5) is 0 Å². The molecule has 0 saturated carbocycles. The largest absolute Gasteiger partial charge is 0.293 e. The minimum Gasteiger partial charge on any atom is -0.293 e. The van der Waals surface area contributed by atoms with Gasteiger partial charge in [-0.05, 0) is 0 Å². The first-order valence-corrected chi connectivity index (χ1v) is 4.14. The Morgan fingerprint density at radius 1 is 1.60 bits per heavy atom. The molecule has 0 spiro atoms. The summed E-state index contributed by atoms with van der Waals surface area (Å²) in [6.45, 7) is 5.51. The monoisotopic (exact) mass is 157 g/mol. The van der Waals surface area contributed by atoms with Gasteiger partial charge in [0.15, 0.2) is 5.78 Å². The number of carbonyl (C=O) groups excluding carboxylic acids is 1. The van der Waals surface area contributed by atoms with Crippen LogP contribution in [0.1, 0.15) is 31.3 Å². The third-order valence-corrected chi connectivity index (χ3v) is 1.38. The minimum absolute atomic E-state index is 0.0336. The van der Waals surface area contributed by atoms with Gasteiger partial charge in [0.1, 0.15) is 5.69 Å². The van der Waals surface area contributed by atoms with Crippen molar-refractivity contribution in [1.29, 1.82) is 0 Å². The lowest BCUT2D eigenvalue weighted by Gasteiger charge is -1.78. The van der Waals surface area contributed by atoms with E-state index >= 15 is 0 Å². The highest BCUT2D eigenvalue weighted by molar-refractivity contribution is 7.07. The molecule has 56 valence electrons. The Morgan fingerprint density at radius 2 is 2.20 bits per heavy atom. The molecule has 0 amide bonds. The van der Waals surface area contributed by atoms with E-state index in [4.69, 9.17) is 0 Å². The lowest BCUT2D eigenvalue weighted by Crippen LogP contribution is -1.89. The highest BCUT2D eigenvalue weighted by Gasteiger charge is 1.96. The molecule has 1 aromatic heterocycles. The smallest absolute Gasteiger partial charge is 0.178 e. The lowest BCUT2D eigenvalue weighted by atomic mass is 10.4. The normalized spacial score (nSPS) is 7.90. The van der Waals surface area contributed by atoms with Crippen LogP contribution in [0.15, 0.2) is 10.9 Å². The molecule has 1 heterocycles. The van der Waals surface area contributed by atoms with E-state index in [2.05, 4.69) is 4.98 Å². The number of hydrogen-bond acceptors (Lipinski definition) is 3. The predicted molar refractivity (Wildman–Crippen MR) is 43.5 cm³/mol. The third-order valence-electron chi connectivity index (χ3n) is 0.793. The summed E-state index contributed by atoms with van der Waals surface area (Å²) in [5.41, 5.74) is 2.21. The van der Waals surface area contributed by atoms with Gasteiger partial charge in [0, 0.05) is 12.3 Å². The Morgan fingerprint density at radius 3 is 2.40 bits per heavy atom. The first-order chi connectivity index (χ1) is 4.80. The van der Waals surface area contributed by atoms with Crippen molar-refractivity contribution >= 4 is 17.1 Å². The first kappa shape index (κ1) is 9.30. The zero-order valence-corrected chi connectivity index (χ0v) is 7.23. The van der Waals surface area contributed by atoms with Crippen LogP contribution in [0.5, 0.6) is 0 Å². The van der Waals surface area contributed by atoms with Gasteiger partial charge in [0.25, 0.3) is 0 Å². The van der Waals surface area contributed by atoms with E-state index in [0.717, 1.165) is 0 Å². The molecule has 0 aromatic carbocycles. The summed E-state index contributed by atoms with van der Waals surface area (Å²) >= 11 is 1.44. The molecular weight excluding hydrogens is 146 g/mol. The van der Waals surface area contributed by atoms with Crippen molar-refractivity contribution in [1.82, 2.24) is 4.98 Å². The molecule has 3 heteroatoms. The van der Waals surface area contributed by atoms with Crippen LogP contribution in [-0.2, 0) is 0 Å². The van der Waals surface area contributed by atoms with Crippen molar-refractivity contribution in [3.63, 3.8) is 0 Å². The van der Waals surface area contributed by atoms with Gasteiger partial charge >= 0.3 is 0 Å². The zero-order chi connectivity index (χ0) is 7.98. The average Bonchev–Trinajstić information content (AvgIpc) is 2.42. The second-order valence-corrected chi connectivity index (χ2v) is 2.15. The molecule has 0 N–H and O–H groups in total. The van der Waals surface area contributed by atoms with Gasteiger partial charge in [0.05, 0.1) is 5.51 Å². The van der Waals surface area contributed by atoms with Gasteiger partial charge in [0.2, 0.25) is 0 Å². The van der Waals surface area contributed by atoms with Crippen LogP contribution in [0.3, 0.4) is 0 Å². The van der Waals surface area contributed by atoms with E-state index in [9.17, 15) is 4.79 Å². The number of aromatic nitrogens is 1. The number of nitrogens with zero attached hydrogens (tertiary/aromatic N) is 1. The highest BCUT2D eigenvalue weighted by atomic mass is 32.1. The van der Waals surface area contributed by atoms with Crippen molar-refractivity contribution in [3.05, 3.63) is 16.6 Å². The Balaban J connectivity index is 0.000000371. The number of hydrogen-bond donors (Lipinski definition) is 0. The standard InChI is InChI=1S/C5H5NOS.C2H6/c1-4(7)5-2-8-3-6-5;1-2/h2-3H,1H3;1-2H3. The van der Waals surface area contributed by atoms with Crippen LogP contribution in [-0.4, -0.2) is 10.8 Å². The Bertz CT molecular complexity index is 181. The molecule has 0 aliphatic rings. The number of rotatable bonds is 1. The number of Topliss-reactive ketones (excluding diaryl/α,β-unsaturated/α-hetero) is 1. The SMILES string of the molecule is CC.CC(=O)c1cscn1. The van der Waals surface area contributed by atoms with Crippen molar-refractivity contribution in [3.8, 4) is 0 Å². The number of carbonyl (C=O) groups is 1. The maximum Gasteiger partial charge on any atom is 0.178 e. The molecular formula is C7H11NOS. The van der Waals surface area contributed by atoms with Crippen LogP contribution in [0, 0.1) is 0 Å². The number of thiazole rings is 1. The van der Waals surface area contributed by atoms with Gasteiger partial charge < -0.3 is 0 Å². The van der Waals surface area contributed by atoms with E-state index in [-0.39, 0.29) is 5.78 Å². The summed E-state index contributed by atoms with van der Waals surface area (Å²) in [5.74, 6) is 0.0336. The molecule has 1 aromatic rings. The minimum atomic E-state index is 0.0336. The molecule has 0 saturated heterocycles. The van der Waals surface area contributed by atoms with Crippen molar-refractivity contribution in [2.45, 2.75) is 20.8 Å². The molecule has 2 nitrogen and oxygen atoms in total. The molecule has 0 atom stereocenters. The molecule has 0 aliphatic heterocycles. The van der Waals surface area contributed by atoms with E-state index < -0.39 is 0 Å². The molecule has 0 unspecified atom stereocenters. The van der Waals surface area contributed by atoms with Gasteiger partial charge in [-0.2, -0.15) is 0 Å². The van der Waals surface area contributed by atoms with Gasteiger partial charge in [-0.1, -0.05) is 13.8 Å². The molecule has 1 rings (SSSR count). The highest BCUT2D eigenvalue weighted by Crippen LogP contribution is 1.99. The lowest BCUT2D eigenvalue weighted by molar-refractivity contribution is 0.101. The van der Waals surface area contributed by atoms with Crippen LogP contribution < -0.4 is 0 Å².